The number of nitrogens with two attached hydrogens (primary N) is 1. The van der Waals surface area contributed by atoms with Crippen LogP contribution in [0.2, 0.25) is 0 Å². The Balaban J connectivity index is 2.37. The molecule has 100 valence electrons. The van der Waals surface area contributed by atoms with E-state index in [1.54, 1.807) is 13.8 Å². The summed E-state index contributed by atoms with van der Waals surface area (Å²) >= 11 is 1.23. The highest BCUT2D eigenvalue weighted by atomic mass is 32.2. The largest absolute Gasteiger partial charge is 0.308 e. The number of hydrogen-bond donors (Lipinski definition) is 2. The molecule has 0 amide bonds. The van der Waals surface area contributed by atoms with E-state index in [9.17, 15) is 8.78 Å². The van der Waals surface area contributed by atoms with Crippen molar-refractivity contribution in [1.29, 1.82) is 0 Å². The maximum atomic E-state index is 13.2. The number of nitrogen functional groups attached to an aromatic ring is 1. The molecule has 4 nitrogen and oxygen atoms in total. The second-order valence-electron chi connectivity index (χ2n) is 3.87. The fourth-order valence-electron chi connectivity index (χ4n) is 1.49. The summed E-state index contributed by atoms with van der Waals surface area (Å²) in [4.78, 5) is 8.96. The number of aryl methyl sites for hydroxylation is 1. The van der Waals surface area contributed by atoms with Gasteiger partial charge in [-0.3, -0.25) is 0 Å². The lowest BCUT2D eigenvalue weighted by Crippen LogP contribution is -2.12. The molecule has 1 heterocycles. The topological polar surface area (TPSA) is 63.8 Å². The SMILES string of the molecule is Cc1nc(NN)c(C)c(Sc2ccc(F)c(F)c2)n1. The minimum Gasteiger partial charge on any atom is -0.308 e. The van der Waals surface area contributed by atoms with Crippen LogP contribution in [0.5, 0.6) is 0 Å². The summed E-state index contributed by atoms with van der Waals surface area (Å²) < 4.78 is 26.0. The van der Waals surface area contributed by atoms with Crippen LogP contribution in [0.3, 0.4) is 0 Å². The molecule has 2 aromatic rings. The highest BCUT2D eigenvalue weighted by molar-refractivity contribution is 7.99. The smallest absolute Gasteiger partial charge is 0.159 e. The third kappa shape index (κ3) is 2.99. The fraction of sp³-hybridized carbons (Fsp3) is 0.167. The minimum atomic E-state index is -0.884. The summed E-state index contributed by atoms with van der Waals surface area (Å²) in [5, 5.41) is 0.645. The molecule has 0 radical (unpaired) electrons. The summed E-state index contributed by atoms with van der Waals surface area (Å²) in [6, 6.07) is 3.71. The first-order chi connectivity index (χ1) is 9.01. The summed E-state index contributed by atoms with van der Waals surface area (Å²) in [6.07, 6.45) is 0. The van der Waals surface area contributed by atoms with Crippen molar-refractivity contribution in [3.63, 3.8) is 0 Å². The van der Waals surface area contributed by atoms with Gasteiger partial charge < -0.3 is 5.43 Å². The predicted molar refractivity (Wildman–Crippen MR) is 69.8 cm³/mol. The number of nitrogens with one attached hydrogen (secondary N) is 1. The molecule has 0 saturated heterocycles. The third-order valence-electron chi connectivity index (χ3n) is 2.46. The van der Waals surface area contributed by atoms with Crippen LogP contribution in [0, 0.1) is 25.5 Å². The maximum absolute atomic E-state index is 13.2. The number of aromatic nitrogens is 2. The van der Waals surface area contributed by atoms with Gasteiger partial charge in [-0.05, 0) is 32.0 Å². The van der Waals surface area contributed by atoms with Crippen molar-refractivity contribution in [2.45, 2.75) is 23.8 Å². The van der Waals surface area contributed by atoms with E-state index in [-0.39, 0.29) is 0 Å². The van der Waals surface area contributed by atoms with Crippen molar-refractivity contribution in [1.82, 2.24) is 9.97 Å². The molecule has 3 N–H and O–H groups in total. The van der Waals surface area contributed by atoms with Crippen LogP contribution in [-0.2, 0) is 0 Å². The number of rotatable bonds is 3. The van der Waals surface area contributed by atoms with Crippen LogP contribution < -0.4 is 11.3 Å². The summed E-state index contributed by atoms with van der Waals surface area (Å²) in [5.74, 6) is 4.67. The number of halogens is 2. The van der Waals surface area contributed by atoms with Gasteiger partial charge >= 0.3 is 0 Å². The molecular weight excluding hydrogens is 270 g/mol. The summed E-state index contributed by atoms with van der Waals surface area (Å²) in [6.45, 7) is 3.53. The van der Waals surface area contributed by atoms with Gasteiger partial charge in [-0.15, -0.1) is 0 Å². The van der Waals surface area contributed by atoms with Crippen LogP contribution in [0.15, 0.2) is 28.1 Å². The van der Waals surface area contributed by atoms with Gasteiger partial charge in [-0.2, -0.15) is 0 Å². The number of hydrogen-bond acceptors (Lipinski definition) is 5. The Kier molecular flexibility index (Phi) is 3.96. The quantitative estimate of drug-likeness (QED) is 0.515. The Bertz CT molecular complexity index is 619. The molecule has 1 aromatic carbocycles. The Labute approximate surface area is 113 Å². The molecule has 0 aliphatic rings. The zero-order chi connectivity index (χ0) is 14.0. The van der Waals surface area contributed by atoms with Gasteiger partial charge in [0.05, 0.1) is 0 Å². The molecule has 0 aliphatic heterocycles. The Morgan fingerprint density at radius 2 is 1.89 bits per heavy atom. The molecule has 0 saturated carbocycles. The molecule has 0 aliphatic carbocycles. The van der Waals surface area contributed by atoms with Crippen molar-refractivity contribution < 1.29 is 8.78 Å². The van der Waals surface area contributed by atoms with E-state index in [4.69, 9.17) is 5.84 Å². The van der Waals surface area contributed by atoms with E-state index in [0.29, 0.717) is 21.6 Å². The van der Waals surface area contributed by atoms with E-state index in [1.807, 2.05) is 0 Å². The second-order valence-corrected chi connectivity index (χ2v) is 4.93. The van der Waals surface area contributed by atoms with Crippen molar-refractivity contribution >= 4 is 17.6 Å². The molecule has 0 atom stereocenters. The van der Waals surface area contributed by atoms with Crippen molar-refractivity contribution in [2.75, 3.05) is 5.43 Å². The van der Waals surface area contributed by atoms with E-state index >= 15 is 0 Å². The number of anilines is 1. The lowest BCUT2D eigenvalue weighted by atomic mass is 10.3. The van der Waals surface area contributed by atoms with Gasteiger partial charge in [0.25, 0.3) is 0 Å². The Hall–Kier alpha value is -1.73. The monoisotopic (exact) mass is 282 g/mol. The van der Waals surface area contributed by atoms with Gasteiger partial charge in [-0.1, -0.05) is 11.8 Å². The van der Waals surface area contributed by atoms with Crippen LogP contribution in [0.4, 0.5) is 14.6 Å². The number of benzene rings is 1. The molecule has 0 fully saturated rings. The van der Waals surface area contributed by atoms with E-state index in [1.165, 1.54) is 17.8 Å². The number of nitrogens with zero attached hydrogens (tertiary/aromatic N) is 2. The summed E-state index contributed by atoms with van der Waals surface area (Å²) in [7, 11) is 0. The van der Waals surface area contributed by atoms with Crippen molar-refractivity contribution in [2.24, 2.45) is 5.84 Å². The standard InChI is InChI=1S/C12H12F2N4S/c1-6-11(18-15)16-7(2)17-12(6)19-8-3-4-9(13)10(14)5-8/h3-5H,15H2,1-2H3,(H,16,17,18). The van der Waals surface area contributed by atoms with Crippen LogP contribution >= 0.6 is 11.8 Å². The molecule has 0 bridgehead atoms. The lowest BCUT2D eigenvalue weighted by molar-refractivity contribution is 0.506. The van der Waals surface area contributed by atoms with Crippen molar-refractivity contribution in [3.05, 3.63) is 41.2 Å². The average molecular weight is 282 g/mol. The van der Waals surface area contributed by atoms with Gasteiger partial charge in [0, 0.05) is 10.5 Å². The molecule has 0 unspecified atom stereocenters. The average Bonchev–Trinajstić information content (AvgIpc) is 2.37. The molecule has 7 heteroatoms. The van der Waals surface area contributed by atoms with Gasteiger partial charge in [0.15, 0.2) is 11.6 Å². The molecule has 19 heavy (non-hydrogen) atoms. The van der Waals surface area contributed by atoms with Gasteiger partial charge in [0.2, 0.25) is 0 Å². The van der Waals surface area contributed by atoms with Crippen LogP contribution in [0.1, 0.15) is 11.4 Å². The normalized spacial score (nSPS) is 10.6. The van der Waals surface area contributed by atoms with Gasteiger partial charge in [0.1, 0.15) is 16.7 Å². The third-order valence-corrected chi connectivity index (χ3v) is 3.54. The first-order valence-electron chi connectivity index (χ1n) is 5.46. The molecule has 1 aromatic heterocycles. The molecular formula is C12H12F2N4S. The predicted octanol–water partition coefficient (Wildman–Crippen LogP) is 2.81. The van der Waals surface area contributed by atoms with Crippen LogP contribution in [0.25, 0.3) is 0 Å². The van der Waals surface area contributed by atoms with Crippen molar-refractivity contribution in [3.8, 4) is 0 Å². The van der Waals surface area contributed by atoms with E-state index < -0.39 is 11.6 Å². The van der Waals surface area contributed by atoms with E-state index in [0.717, 1.165) is 17.7 Å². The lowest BCUT2D eigenvalue weighted by Gasteiger charge is -2.10. The Morgan fingerprint density at radius 3 is 2.53 bits per heavy atom. The fourth-order valence-corrected chi connectivity index (χ4v) is 2.44. The highest BCUT2D eigenvalue weighted by Crippen LogP contribution is 2.31. The zero-order valence-electron chi connectivity index (χ0n) is 10.4. The first kappa shape index (κ1) is 13.7. The Morgan fingerprint density at radius 1 is 1.16 bits per heavy atom. The first-order valence-corrected chi connectivity index (χ1v) is 6.27. The maximum Gasteiger partial charge on any atom is 0.159 e. The number of hydrazine groups is 1. The molecule has 0 spiro atoms. The minimum absolute atomic E-state index is 0.512. The highest BCUT2D eigenvalue weighted by Gasteiger charge is 2.11. The zero-order valence-corrected chi connectivity index (χ0v) is 11.2. The molecule has 2 rings (SSSR count). The second kappa shape index (κ2) is 5.50. The summed E-state index contributed by atoms with van der Waals surface area (Å²) in [5.41, 5.74) is 3.24. The van der Waals surface area contributed by atoms with Crippen LogP contribution in [-0.4, -0.2) is 9.97 Å². The van der Waals surface area contributed by atoms with Gasteiger partial charge in [-0.25, -0.2) is 24.6 Å². The van der Waals surface area contributed by atoms with E-state index in [2.05, 4.69) is 15.4 Å².